The van der Waals surface area contributed by atoms with Crippen LogP contribution in [0.1, 0.15) is 127 Å². The van der Waals surface area contributed by atoms with Gasteiger partial charge in [-0.15, -0.1) is 0 Å². The molecule has 3 amide bonds. The van der Waals surface area contributed by atoms with Crippen LogP contribution in [0.15, 0.2) is 0 Å². The summed E-state index contributed by atoms with van der Waals surface area (Å²) in [5.41, 5.74) is -0.444. The number of carbonyl (C=O) groups excluding carboxylic acids is 5. The first-order valence-corrected chi connectivity index (χ1v) is 19.2. The van der Waals surface area contributed by atoms with Gasteiger partial charge in [0.1, 0.15) is 5.78 Å². The van der Waals surface area contributed by atoms with Crippen LogP contribution in [0.25, 0.3) is 0 Å². The van der Waals surface area contributed by atoms with Gasteiger partial charge in [-0.2, -0.15) is 0 Å². The fraction of sp³-hybridized carbons (Fsp3) is 0.872. The van der Waals surface area contributed by atoms with E-state index in [1.807, 2.05) is 41.5 Å². The Bertz CT molecular complexity index is 989. The molecule has 51 heavy (non-hydrogen) atoms. The van der Waals surface area contributed by atoms with Crippen molar-refractivity contribution in [3.05, 3.63) is 0 Å². The van der Waals surface area contributed by atoms with Crippen molar-refractivity contribution in [1.29, 1.82) is 0 Å². The molecular formula is C39H73N3O9. The third-order valence-corrected chi connectivity index (χ3v) is 8.15. The summed E-state index contributed by atoms with van der Waals surface area (Å²) in [6.07, 6.45) is 5.57. The van der Waals surface area contributed by atoms with Gasteiger partial charge in [0.2, 0.25) is 17.7 Å². The normalized spacial score (nSPS) is 13.1. The van der Waals surface area contributed by atoms with Crippen LogP contribution in [0.4, 0.5) is 0 Å². The molecule has 0 bridgehead atoms. The van der Waals surface area contributed by atoms with Crippen molar-refractivity contribution in [2.75, 3.05) is 65.9 Å². The summed E-state index contributed by atoms with van der Waals surface area (Å²) in [7, 11) is 0. The minimum absolute atomic E-state index is 0.00541. The van der Waals surface area contributed by atoms with Crippen LogP contribution in [0.3, 0.4) is 0 Å². The molecule has 0 unspecified atom stereocenters. The molecule has 3 N–H and O–H groups in total. The summed E-state index contributed by atoms with van der Waals surface area (Å²) in [6.45, 7) is 22.2. The molecule has 0 aliphatic rings. The number of rotatable bonds is 31. The first kappa shape index (κ1) is 48.6. The van der Waals surface area contributed by atoms with Gasteiger partial charge in [0.15, 0.2) is 5.78 Å². The van der Waals surface area contributed by atoms with E-state index in [0.29, 0.717) is 91.4 Å². The van der Waals surface area contributed by atoms with E-state index in [4.69, 9.17) is 18.9 Å². The van der Waals surface area contributed by atoms with E-state index in [-0.39, 0.29) is 60.1 Å². The maximum absolute atomic E-state index is 13.4. The van der Waals surface area contributed by atoms with Gasteiger partial charge in [0.25, 0.3) is 0 Å². The zero-order chi connectivity index (χ0) is 38.7. The highest BCUT2D eigenvalue weighted by Gasteiger charge is 2.33. The molecule has 0 aromatic rings. The highest BCUT2D eigenvalue weighted by atomic mass is 16.6. The molecule has 0 saturated carbocycles. The van der Waals surface area contributed by atoms with Crippen molar-refractivity contribution in [3.63, 3.8) is 0 Å². The van der Waals surface area contributed by atoms with Gasteiger partial charge < -0.3 is 34.9 Å². The van der Waals surface area contributed by atoms with Gasteiger partial charge in [-0.25, -0.2) is 0 Å². The van der Waals surface area contributed by atoms with Crippen molar-refractivity contribution in [1.82, 2.24) is 16.0 Å². The van der Waals surface area contributed by atoms with Gasteiger partial charge in [-0.3, -0.25) is 24.0 Å². The summed E-state index contributed by atoms with van der Waals surface area (Å²) in [4.78, 5) is 63.1. The third-order valence-electron chi connectivity index (χ3n) is 8.15. The van der Waals surface area contributed by atoms with E-state index < -0.39 is 17.4 Å². The largest absolute Gasteiger partial charge is 0.379 e. The van der Waals surface area contributed by atoms with Crippen LogP contribution in [-0.2, 0) is 42.9 Å². The average Bonchev–Trinajstić information content (AvgIpc) is 3.04. The maximum atomic E-state index is 13.4. The first-order valence-electron chi connectivity index (χ1n) is 19.2. The average molecular weight is 728 g/mol. The van der Waals surface area contributed by atoms with Crippen LogP contribution in [0.5, 0.6) is 0 Å². The highest BCUT2D eigenvalue weighted by Crippen LogP contribution is 2.27. The quantitative estimate of drug-likeness (QED) is 0.0818. The predicted octanol–water partition coefficient (Wildman–Crippen LogP) is 5.19. The van der Waals surface area contributed by atoms with Gasteiger partial charge in [0.05, 0.1) is 58.9 Å². The van der Waals surface area contributed by atoms with Crippen molar-refractivity contribution >= 4 is 29.3 Å². The number of ether oxygens (including phenoxy) is 4. The lowest BCUT2D eigenvalue weighted by Gasteiger charge is -2.27. The molecule has 0 aliphatic heterocycles. The Hall–Kier alpha value is -2.41. The number of unbranched alkanes of at least 4 members (excludes halogenated alkanes) is 1. The number of hydrogen-bond donors (Lipinski definition) is 3. The second-order valence-electron chi connectivity index (χ2n) is 15.8. The second kappa shape index (κ2) is 28.1. The Morgan fingerprint density at radius 3 is 1.55 bits per heavy atom. The van der Waals surface area contributed by atoms with Crippen molar-refractivity contribution in [2.24, 2.45) is 22.7 Å². The van der Waals surface area contributed by atoms with Crippen LogP contribution < -0.4 is 16.0 Å². The topological polar surface area (TPSA) is 158 Å². The lowest BCUT2D eigenvalue weighted by molar-refractivity contribution is -0.135. The number of ketones is 2. The van der Waals surface area contributed by atoms with Gasteiger partial charge in [0, 0.05) is 50.1 Å². The van der Waals surface area contributed by atoms with Gasteiger partial charge >= 0.3 is 0 Å². The zero-order valence-corrected chi connectivity index (χ0v) is 33.5. The molecule has 0 fully saturated rings. The highest BCUT2D eigenvalue weighted by molar-refractivity contribution is 5.94. The summed E-state index contributed by atoms with van der Waals surface area (Å²) in [5.74, 6) is -0.824. The molecule has 0 radical (unpaired) electrons. The fourth-order valence-electron chi connectivity index (χ4n) is 5.23. The Balaban J connectivity index is 4.24. The van der Waals surface area contributed by atoms with Crippen LogP contribution >= 0.6 is 0 Å². The minimum Gasteiger partial charge on any atom is -0.379 e. The molecule has 0 heterocycles. The van der Waals surface area contributed by atoms with Gasteiger partial charge in [-0.05, 0) is 43.4 Å². The van der Waals surface area contributed by atoms with E-state index in [1.54, 1.807) is 0 Å². The Morgan fingerprint density at radius 1 is 0.608 bits per heavy atom. The first-order chi connectivity index (χ1) is 24.0. The predicted molar refractivity (Wildman–Crippen MR) is 200 cm³/mol. The molecule has 0 aromatic carbocycles. The molecule has 0 spiro atoms. The molecule has 2 atom stereocenters. The van der Waals surface area contributed by atoms with Crippen LogP contribution in [0, 0.1) is 22.7 Å². The maximum Gasteiger partial charge on any atom is 0.222 e. The van der Waals surface area contributed by atoms with Crippen molar-refractivity contribution < 1.29 is 42.9 Å². The van der Waals surface area contributed by atoms with E-state index in [9.17, 15) is 24.0 Å². The second-order valence-corrected chi connectivity index (χ2v) is 15.8. The van der Waals surface area contributed by atoms with Crippen LogP contribution in [0.2, 0.25) is 0 Å². The molecule has 12 nitrogen and oxygen atoms in total. The van der Waals surface area contributed by atoms with Crippen LogP contribution in [-0.4, -0.2) is 101 Å². The minimum atomic E-state index is -0.622. The van der Waals surface area contributed by atoms with E-state index >= 15 is 0 Å². The lowest BCUT2D eigenvalue weighted by Crippen LogP contribution is -2.45. The van der Waals surface area contributed by atoms with Crippen molar-refractivity contribution in [2.45, 2.75) is 133 Å². The smallest absolute Gasteiger partial charge is 0.222 e. The zero-order valence-electron chi connectivity index (χ0n) is 33.5. The molecule has 0 rings (SSSR count). The fourth-order valence-corrected chi connectivity index (χ4v) is 5.23. The van der Waals surface area contributed by atoms with E-state index in [1.165, 1.54) is 0 Å². The molecule has 12 heteroatoms. The van der Waals surface area contributed by atoms with E-state index in [0.717, 1.165) is 19.3 Å². The number of Topliss-reactive ketones (excluding diaryl/α,β-unsaturated/α-hetero) is 2. The number of nitrogens with one attached hydrogen (secondary N) is 3. The Kier molecular flexibility index (Phi) is 26.8. The SMILES string of the molecule is CCCNC(=O)CCOCCOCCOCCOCCC(=O)NCCCC[C@H](CC(=O)[C@@H](NC(=O)CCCC(C)(C)C)C(C)C)C(=O)C(C)(C)C. The molecule has 0 aliphatic carbocycles. The number of amides is 3. The standard InChI is InChI=1S/C39H73N3O9/c1-10-19-40-33(44)16-21-48-23-25-50-27-28-51-26-24-49-22-17-34(45)41-20-12-11-14-31(37(47)39(7,8)9)29-32(43)36(30(2)3)42-35(46)15-13-18-38(4,5)6/h30-31,36H,10-29H2,1-9H3,(H,40,44)(H,41,45)(H,42,46)/t31-,36+/m1/s1. The number of hydrogen-bond acceptors (Lipinski definition) is 9. The molecule has 0 aromatic heterocycles. The van der Waals surface area contributed by atoms with E-state index in [2.05, 4.69) is 36.7 Å². The summed E-state index contributed by atoms with van der Waals surface area (Å²) >= 11 is 0. The lowest BCUT2D eigenvalue weighted by atomic mass is 9.77. The third kappa shape index (κ3) is 27.9. The summed E-state index contributed by atoms with van der Waals surface area (Å²) in [5, 5.41) is 8.64. The Morgan fingerprint density at radius 2 is 1.10 bits per heavy atom. The number of carbonyl (C=O) groups is 5. The Labute approximate surface area is 309 Å². The van der Waals surface area contributed by atoms with Gasteiger partial charge in [-0.1, -0.05) is 68.7 Å². The summed E-state index contributed by atoms with van der Waals surface area (Å²) in [6, 6.07) is -0.622. The molecule has 0 saturated heterocycles. The van der Waals surface area contributed by atoms with Crippen molar-refractivity contribution in [3.8, 4) is 0 Å². The molecule has 298 valence electrons. The summed E-state index contributed by atoms with van der Waals surface area (Å²) < 4.78 is 21.8. The monoisotopic (exact) mass is 728 g/mol. The molecular weight excluding hydrogens is 654 g/mol.